The summed E-state index contributed by atoms with van der Waals surface area (Å²) in [5.74, 6) is -4.01. The fourth-order valence-corrected chi connectivity index (χ4v) is 11.7. The molecule has 4 aromatic heterocycles. The number of unbranched alkanes of at least 4 members (excludes halogenated alkanes) is 7. The predicted octanol–water partition coefficient (Wildman–Crippen LogP) is 7.68. The summed E-state index contributed by atoms with van der Waals surface area (Å²) >= 11 is 1.52. The maximum atomic E-state index is 15.5. The molecule has 0 bridgehead atoms. The highest BCUT2D eigenvalue weighted by Gasteiger charge is 2.45. The van der Waals surface area contributed by atoms with Gasteiger partial charge in [-0.15, -0.1) is 11.3 Å². The molecule has 0 spiro atoms. The Bertz CT molecular complexity index is 3350. The first-order valence-electron chi connectivity index (χ1n) is 25.7. The number of β-amino-alcohol motifs (C(OH)–C–C–N with tert-alkyl or cyclic N) is 1. The van der Waals surface area contributed by atoms with E-state index in [0.717, 1.165) is 67.1 Å². The van der Waals surface area contributed by atoms with E-state index in [9.17, 15) is 41.9 Å². The Morgan fingerprint density at radius 3 is 2.34 bits per heavy atom. The number of fused-ring (bicyclic) bond motifs is 2. The van der Waals surface area contributed by atoms with Crippen molar-refractivity contribution in [3.63, 3.8) is 0 Å². The molecular weight excluding hydrogens is 1030 g/mol. The minimum atomic E-state index is -3.67. The third kappa shape index (κ3) is 13.2. The quantitative estimate of drug-likeness (QED) is 0.0345. The predicted molar refractivity (Wildman–Crippen MR) is 290 cm³/mol. The van der Waals surface area contributed by atoms with Crippen molar-refractivity contribution < 1.29 is 46.3 Å². The molecule has 6 aromatic rings. The summed E-state index contributed by atoms with van der Waals surface area (Å²) in [4.78, 5) is 88.6. The van der Waals surface area contributed by atoms with Crippen LogP contribution >= 0.6 is 11.3 Å². The van der Waals surface area contributed by atoms with E-state index in [4.69, 9.17) is 4.84 Å². The van der Waals surface area contributed by atoms with Crippen LogP contribution in [0.3, 0.4) is 0 Å². The number of H-pyrrole nitrogens is 1. The molecule has 18 nitrogen and oxygen atoms in total. The largest absolute Gasteiger partial charge is 0.391 e. The lowest BCUT2D eigenvalue weighted by molar-refractivity contribution is -0.145. The molecule has 0 saturated carbocycles. The van der Waals surface area contributed by atoms with Crippen LogP contribution in [0.25, 0.3) is 32.5 Å². The van der Waals surface area contributed by atoms with Crippen LogP contribution in [0.15, 0.2) is 71.4 Å². The highest BCUT2D eigenvalue weighted by atomic mass is 32.2. The average Bonchev–Trinajstić information content (AvgIpc) is 4.17. The summed E-state index contributed by atoms with van der Waals surface area (Å²) in [6, 6.07) is 9.00. The smallest absolute Gasteiger partial charge is 0.275 e. The topological polar surface area (TPSA) is 238 Å². The van der Waals surface area contributed by atoms with Crippen molar-refractivity contribution in [1.29, 1.82) is 0 Å². The summed E-state index contributed by atoms with van der Waals surface area (Å²) in [5.41, 5.74) is 7.55. The fraction of sp³-hybridized carbons (Fsp3) is 0.436. The maximum Gasteiger partial charge on any atom is 0.275 e. The number of aliphatic hydroxyl groups excluding tert-OH is 1. The highest BCUT2D eigenvalue weighted by Crippen LogP contribution is 2.45. The molecule has 0 radical (unpaired) electrons. The van der Waals surface area contributed by atoms with Gasteiger partial charge in [0.05, 0.1) is 46.4 Å². The summed E-state index contributed by atoms with van der Waals surface area (Å²) in [6.07, 6.45) is 11.0. The molecule has 2 aliphatic heterocycles. The van der Waals surface area contributed by atoms with Gasteiger partial charge in [0, 0.05) is 79.8 Å². The van der Waals surface area contributed by atoms with Gasteiger partial charge in [-0.25, -0.2) is 27.2 Å². The summed E-state index contributed by atoms with van der Waals surface area (Å²) in [6.45, 7) is 7.65. The SMILES string of the molecule is Cc1ncsc1-c1ccc(ONC(=O)[C@@H]2C[C@@H](O)CN2C(=O)C(NC(=O)CCCCCCCCCCNC(=O)c2cc3c(cc2CS(C)(=O)=O)-c2cn(C)c(=O)c4[nH]cc(c24)CN3c2ncc(F)cc2F)C(C)(C)C)cc1. The number of hydroxylamine groups is 1. The molecular formula is C55H65F2N9O9S2. The molecule has 1 saturated heterocycles. The molecule has 2 aliphatic rings. The monoisotopic (exact) mass is 1100 g/mol. The second kappa shape index (κ2) is 23.7. The molecule has 2 aromatic carbocycles. The van der Waals surface area contributed by atoms with E-state index in [1.54, 1.807) is 43.2 Å². The molecule has 0 aliphatic carbocycles. The van der Waals surface area contributed by atoms with Gasteiger partial charge in [-0.05, 0) is 78.3 Å². The van der Waals surface area contributed by atoms with Crippen LogP contribution in [0, 0.1) is 24.0 Å². The first-order valence-corrected chi connectivity index (χ1v) is 28.7. The van der Waals surface area contributed by atoms with Crippen LogP contribution in [-0.4, -0.2) is 99.1 Å². The molecule has 22 heteroatoms. The minimum absolute atomic E-state index is 0.00869. The number of anilines is 2. The number of aryl methyl sites for hydroxylation is 2. The van der Waals surface area contributed by atoms with Crippen LogP contribution in [-0.2, 0) is 43.6 Å². The Morgan fingerprint density at radius 1 is 0.974 bits per heavy atom. The standard InChI is InChI=1S/C55H65F2N9O9S2/c1-32-48(76-31-61-32)33-16-18-38(19-17-33)75-63-52(70)44-23-37(67)28-66(44)54(72)49(55(2,3)4)62-45(68)15-13-11-9-7-8-10-12-14-20-58-51(69)39-24-43-40(21-34(39)30-77(6,73)74)41-29-64(5)53(71)47-46(41)35(25-59-47)27-65(43)50-42(57)22-36(56)26-60-50/h16-19,21-22,24-26,29,31,37,44,49,59,67H,7-15,20,23,27-28,30H2,1-6H3,(H,58,69)(H,62,68)(H,63,70)/t37-,44+,49?/m1/s1. The number of halogens is 2. The van der Waals surface area contributed by atoms with Crippen molar-refractivity contribution in [2.45, 2.75) is 122 Å². The second-order valence-electron chi connectivity index (χ2n) is 21.1. The molecule has 5 N–H and O–H groups in total. The van der Waals surface area contributed by atoms with Crippen LogP contribution < -0.4 is 31.4 Å². The number of aliphatic hydroxyl groups is 1. The Balaban J connectivity index is 0.795. The summed E-state index contributed by atoms with van der Waals surface area (Å²) in [5, 5.41) is 17.0. The zero-order valence-electron chi connectivity index (χ0n) is 44.0. The Kier molecular flexibility index (Phi) is 17.3. The van der Waals surface area contributed by atoms with Crippen LogP contribution in [0.5, 0.6) is 5.75 Å². The van der Waals surface area contributed by atoms with Crippen LogP contribution in [0.4, 0.5) is 20.3 Å². The van der Waals surface area contributed by atoms with Gasteiger partial charge < -0.3 is 39.9 Å². The van der Waals surface area contributed by atoms with E-state index in [0.29, 0.717) is 64.5 Å². The maximum absolute atomic E-state index is 15.5. The summed E-state index contributed by atoms with van der Waals surface area (Å²) < 4.78 is 56.6. The number of pyridine rings is 2. The molecule has 1 unspecified atom stereocenters. The number of carbonyl (C=O) groups is 4. The molecule has 77 heavy (non-hydrogen) atoms. The minimum Gasteiger partial charge on any atom is -0.391 e. The molecule has 3 atom stereocenters. The number of amides is 4. The fourth-order valence-electron chi connectivity index (χ4n) is 10.1. The number of hydrogen-bond donors (Lipinski definition) is 5. The summed E-state index contributed by atoms with van der Waals surface area (Å²) in [7, 11) is -2.09. The normalized spacial score (nSPS) is 15.8. The number of nitrogens with one attached hydrogen (secondary N) is 4. The number of benzene rings is 2. The lowest BCUT2D eigenvalue weighted by atomic mass is 9.85. The number of carbonyl (C=O) groups excluding carboxylic acids is 4. The van der Waals surface area contributed by atoms with Gasteiger partial charge in [0.25, 0.3) is 17.4 Å². The Hall–Kier alpha value is -7.04. The lowest BCUT2D eigenvalue weighted by Crippen LogP contribution is -2.58. The number of hydrogen-bond acceptors (Lipinski definition) is 13. The van der Waals surface area contributed by atoms with Crippen molar-refractivity contribution in [2.75, 3.05) is 24.2 Å². The first-order chi connectivity index (χ1) is 36.6. The molecule has 4 amide bonds. The van der Waals surface area contributed by atoms with Gasteiger partial charge >= 0.3 is 0 Å². The third-order valence-electron chi connectivity index (χ3n) is 14.0. The number of nitrogens with zero attached hydrogens (tertiary/aromatic N) is 5. The van der Waals surface area contributed by atoms with Gasteiger partial charge in [0.15, 0.2) is 27.2 Å². The molecule has 6 heterocycles. The zero-order chi connectivity index (χ0) is 55.3. The van der Waals surface area contributed by atoms with Crippen molar-refractivity contribution in [2.24, 2.45) is 12.5 Å². The van der Waals surface area contributed by atoms with Crippen molar-refractivity contribution >= 4 is 67.2 Å². The Labute approximate surface area is 449 Å². The van der Waals surface area contributed by atoms with Crippen LogP contribution in [0.1, 0.15) is 112 Å². The van der Waals surface area contributed by atoms with Gasteiger partial charge in [-0.1, -0.05) is 59.3 Å². The van der Waals surface area contributed by atoms with Crippen molar-refractivity contribution in [3.8, 4) is 27.3 Å². The van der Waals surface area contributed by atoms with E-state index >= 15 is 4.39 Å². The van der Waals surface area contributed by atoms with E-state index in [2.05, 4.69) is 31.1 Å². The van der Waals surface area contributed by atoms with Gasteiger partial charge in [-0.2, -0.15) is 5.48 Å². The van der Waals surface area contributed by atoms with Gasteiger partial charge in [0.2, 0.25) is 11.8 Å². The second-order valence-corrected chi connectivity index (χ2v) is 24.1. The van der Waals surface area contributed by atoms with E-state index < -0.39 is 68.5 Å². The lowest BCUT2D eigenvalue weighted by Gasteiger charge is -2.35. The van der Waals surface area contributed by atoms with Crippen LogP contribution in [0.2, 0.25) is 0 Å². The third-order valence-corrected chi connectivity index (χ3v) is 15.8. The van der Waals surface area contributed by atoms with Gasteiger partial charge in [0.1, 0.15) is 23.4 Å². The zero-order valence-corrected chi connectivity index (χ0v) is 45.6. The van der Waals surface area contributed by atoms with Crippen molar-refractivity contribution in [3.05, 3.63) is 111 Å². The number of aromatic nitrogens is 4. The number of rotatable bonds is 21. The average molecular weight is 1100 g/mol. The molecule has 410 valence electrons. The number of likely N-dealkylation sites (tertiary alicyclic amines) is 1. The van der Waals surface area contributed by atoms with Gasteiger partial charge in [-0.3, -0.25) is 24.0 Å². The highest BCUT2D eigenvalue weighted by molar-refractivity contribution is 7.89. The van der Waals surface area contributed by atoms with E-state index in [1.807, 2.05) is 39.8 Å². The number of sulfone groups is 1. The van der Waals surface area contributed by atoms with E-state index in [-0.39, 0.29) is 54.3 Å². The van der Waals surface area contributed by atoms with Crippen molar-refractivity contribution in [1.82, 2.24) is 40.5 Å². The number of thiazole rings is 1. The molecule has 1 fully saturated rings. The molecule has 8 rings (SSSR count). The Morgan fingerprint density at radius 2 is 1.68 bits per heavy atom. The number of aromatic amines is 1. The van der Waals surface area contributed by atoms with E-state index in [1.165, 1.54) is 31.8 Å². The first kappa shape index (κ1) is 56.2.